The fraction of sp³-hybridized carbons (Fsp3) is 0.429. The summed E-state index contributed by atoms with van der Waals surface area (Å²) in [4.78, 5) is 23.5. The molecule has 4 nitrogen and oxygen atoms in total. The van der Waals surface area contributed by atoms with E-state index in [-0.39, 0.29) is 23.3 Å². The summed E-state index contributed by atoms with van der Waals surface area (Å²) < 4.78 is 0.534. The van der Waals surface area contributed by atoms with Crippen LogP contribution in [0.4, 0.5) is 0 Å². The van der Waals surface area contributed by atoms with Crippen molar-refractivity contribution in [2.24, 2.45) is 5.92 Å². The fourth-order valence-electron chi connectivity index (χ4n) is 1.37. The normalized spacial score (nSPS) is 12.2. The van der Waals surface area contributed by atoms with Crippen LogP contribution in [-0.2, 0) is 4.79 Å². The van der Waals surface area contributed by atoms with Crippen LogP contribution in [0.25, 0.3) is 0 Å². The van der Waals surface area contributed by atoms with Crippen LogP contribution in [0.15, 0.2) is 27.6 Å². The molecule has 6 heteroatoms. The molecule has 1 aromatic carbocycles. The number of halogens is 1. The number of rotatable bonds is 6. The highest BCUT2D eigenvalue weighted by molar-refractivity contribution is 9.10. The highest BCUT2D eigenvalue weighted by Crippen LogP contribution is 2.24. The molecule has 0 heterocycles. The first kappa shape index (κ1) is 17.0. The van der Waals surface area contributed by atoms with E-state index in [1.807, 2.05) is 20.8 Å². The second-order valence-corrected chi connectivity index (χ2v) is 6.74. The third kappa shape index (κ3) is 5.17. The maximum atomic E-state index is 11.8. The number of amides is 1. The molecule has 1 rings (SSSR count). The summed E-state index contributed by atoms with van der Waals surface area (Å²) in [5.41, 5.74) is 0.200. The van der Waals surface area contributed by atoms with Crippen LogP contribution in [0.1, 0.15) is 31.1 Å². The Labute approximate surface area is 131 Å². The van der Waals surface area contributed by atoms with E-state index in [1.165, 1.54) is 11.8 Å². The number of thioether (sulfide) groups is 1. The van der Waals surface area contributed by atoms with Crippen LogP contribution in [0, 0.1) is 5.92 Å². The Kier molecular flexibility index (Phi) is 6.55. The summed E-state index contributed by atoms with van der Waals surface area (Å²) in [6.07, 6.45) is 0. The molecule has 0 aliphatic carbocycles. The lowest BCUT2D eigenvalue weighted by Crippen LogP contribution is -2.37. The Bertz CT molecular complexity index is 505. The molecule has 110 valence electrons. The molecule has 0 aromatic heterocycles. The SMILES string of the molecule is CC(C)C(C)NC(=O)CSc1ccc(Br)c(C(=O)O)c1. The molecule has 1 aromatic rings. The van der Waals surface area contributed by atoms with Crippen molar-refractivity contribution in [3.8, 4) is 0 Å². The first-order chi connectivity index (χ1) is 9.31. The third-order valence-electron chi connectivity index (χ3n) is 2.93. The minimum Gasteiger partial charge on any atom is -0.478 e. The molecular weight excluding hydrogens is 342 g/mol. The van der Waals surface area contributed by atoms with Crippen LogP contribution in [0.2, 0.25) is 0 Å². The molecule has 0 fully saturated rings. The van der Waals surface area contributed by atoms with Crippen molar-refractivity contribution in [3.63, 3.8) is 0 Å². The van der Waals surface area contributed by atoms with Gasteiger partial charge in [-0.2, -0.15) is 0 Å². The van der Waals surface area contributed by atoms with Gasteiger partial charge < -0.3 is 10.4 Å². The highest BCUT2D eigenvalue weighted by Gasteiger charge is 2.13. The number of carbonyl (C=O) groups is 2. The van der Waals surface area contributed by atoms with Crippen molar-refractivity contribution in [1.29, 1.82) is 0 Å². The van der Waals surface area contributed by atoms with E-state index in [9.17, 15) is 9.59 Å². The van der Waals surface area contributed by atoms with E-state index in [0.717, 1.165) is 4.90 Å². The number of nitrogens with one attached hydrogen (secondary N) is 1. The van der Waals surface area contributed by atoms with E-state index in [2.05, 4.69) is 21.2 Å². The van der Waals surface area contributed by atoms with Gasteiger partial charge in [0.1, 0.15) is 0 Å². The minimum atomic E-state index is -0.989. The molecular formula is C14H18BrNO3S. The molecule has 0 saturated carbocycles. The molecule has 0 aliphatic heterocycles. The number of hydrogen-bond acceptors (Lipinski definition) is 3. The van der Waals surface area contributed by atoms with Crippen LogP contribution >= 0.6 is 27.7 Å². The van der Waals surface area contributed by atoms with Gasteiger partial charge in [-0.05, 0) is 47.0 Å². The zero-order valence-corrected chi connectivity index (χ0v) is 14.0. The first-order valence-corrected chi connectivity index (χ1v) is 8.04. The summed E-state index contributed by atoms with van der Waals surface area (Å²) in [6.45, 7) is 6.06. The number of hydrogen-bond donors (Lipinski definition) is 2. The van der Waals surface area contributed by atoms with Gasteiger partial charge in [-0.3, -0.25) is 4.79 Å². The molecule has 0 spiro atoms. The zero-order valence-electron chi connectivity index (χ0n) is 11.6. The Balaban J connectivity index is 2.60. The van der Waals surface area contributed by atoms with Gasteiger partial charge in [0.2, 0.25) is 5.91 Å². The Morgan fingerprint density at radius 2 is 2.00 bits per heavy atom. The summed E-state index contributed by atoms with van der Waals surface area (Å²) in [5.74, 6) is -0.374. The van der Waals surface area contributed by atoms with E-state index in [1.54, 1.807) is 18.2 Å². The van der Waals surface area contributed by atoms with Crippen molar-refractivity contribution in [2.75, 3.05) is 5.75 Å². The molecule has 0 aliphatic rings. The number of carboxylic acid groups (broad SMARTS) is 1. The second kappa shape index (κ2) is 7.69. The average Bonchev–Trinajstić information content (AvgIpc) is 2.37. The van der Waals surface area contributed by atoms with E-state index >= 15 is 0 Å². The predicted octanol–water partition coefficient (Wildman–Crippen LogP) is 3.40. The molecule has 0 saturated heterocycles. The van der Waals surface area contributed by atoms with Crippen LogP contribution in [-0.4, -0.2) is 28.8 Å². The van der Waals surface area contributed by atoms with Crippen molar-refractivity contribution >= 4 is 39.6 Å². The third-order valence-corrected chi connectivity index (χ3v) is 4.61. The van der Waals surface area contributed by atoms with Crippen molar-refractivity contribution in [1.82, 2.24) is 5.32 Å². The molecule has 1 amide bonds. The van der Waals surface area contributed by atoms with Gasteiger partial charge >= 0.3 is 5.97 Å². The first-order valence-electron chi connectivity index (χ1n) is 6.26. The van der Waals surface area contributed by atoms with E-state index in [0.29, 0.717) is 10.4 Å². The fourth-order valence-corrected chi connectivity index (χ4v) is 2.53. The lowest BCUT2D eigenvalue weighted by atomic mass is 10.1. The van der Waals surface area contributed by atoms with Gasteiger partial charge in [0.25, 0.3) is 0 Å². The van der Waals surface area contributed by atoms with Crippen molar-refractivity contribution in [3.05, 3.63) is 28.2 Å². The molecule has 1 unspecified atom stereocenters. The van der Waals surface area contributed by atoms with Gasteiger partial charge in [-0.15, -0.1) is 11.8 Å². The lowest BCUT2D eigenvalue weighted by Gasteiger charge is -2.17. The standard InChI is InChI=1S/C14H18BrNO3S/c1-8(2)9(3)16-13(17)7-20-10-4-5-12(15)11(6-10)14(18)19/h4-6,8-9H,7H2,1-3H3,(H,16,17)(H,18,19). The van der Waals surface area contributed by atoms with Crippen molar-refractivity contribution < 1.29 is 14.7 Å². The molecule has 1 atom stereocenters. The van der Waals surface area contributed by atoms with Gasteiger partial charge in [0.05, 0.1) is 11.3 Å². The molecule has 20 heavy (non-hydrogen) atoms. The quantitative estimate of drug-likeness (QED) is 0.763. The predicted molar refractivity (Wildman–Crippen MR) is 84.3 cm³/mol. The summed E-state index contributed by atoms with van der Waals surface area (Å²) in [7, 11) is 0. The smallest absolute Gasteiger partial charge is 0.336 e. The maximum absolute atomic E-state index is 11.8. The number of benzene rings is 1. The average molecular weight is 360 g/mol. The maximum Gasteiger partial charge on any atom is 0.336 e. The second-order valence-electron chi connectivity index (χ2n) is 4.84. The number of carboxylic acids is 1. The largest absolute Gasteiger partial charge is 0.478 e. The summed E-state index contributed by atoms with van der Waals surface area (Å²) >= 11 is 4.52. The molecule has 0 radical (unpaired) electrons. The highest BCUT2D eigenvalue weighted by atomic mass is 79.9. The van der Waals surface area contributed by atoms with Crippen LogP contribution < -0.4 is 5.32 Å². The monoisotopic (exact) mass is 359 g/mol. The molecule has 2 N–H and O–H groups in total. The Hall–Kier alpha value is -1.01. The molecule has 0 bridgehead atoms. The van der Waals surface area contributed by atoms with Gasteiger partial charge in [-0.1, -0.05) is 13.8 Å². The van der Waals surface area contributed by atoms with E-state index in [4.69, 9.17) is 5.11 Å². The van der Waals surface area contributed by atoms with Gasteiger partial charge in [0, 0.05) is 15.4 Å². The Morgan fingerprint density at radius 3 is 2.55 bits per heavy atom. The minimum absolute atomic E-state index is 0.0454. The number of carbonyl (C=O) groups excluding carboxylic acids is 1. The van der Waals surface area contributed by atoms with E-state index < -0.39 is 5.97 Å². The zero-order chi connectivity index (χ0) is 15.3. The summed E-state index contributed by atoms with van der Waals surface area (Å²) in [5, 5.41) is 11.9. The van der Waals surface area contributed by atoms with Gasteiger partial charge in [-0.25, -0.2) is 4.79 Å². The van der Waals surface area contributed by atoms with Crippen LogP contribution in [0.5, 0.6) is 0 Å². The van der Waals surface area contributed by atoms with Crippen molar-refractivity contribution in [2.45, 2.75) is 31.7 Å². The van der Waals surface area contributed by atoms with Gasteiger partial charge in [0.15, 0.2) is 0 Å². The lowest BCUT2D eigenvalue weighted by molar-refractivity contribution is -0.119. The Morgan fingerprint density at radius 1 is 1.35 bits per heavy atom. The number of aromatic carboxylic acids is 1. The topological polar surface area (TPSA) is 66.4 Å². The summed E-state index contributed by atoms with van der Waals surface area (Å²) in [6, 6.07) is 5.17. The van der Waals surface area contributed by atoms with Crippen LogP contribution in [0.3, 0.4) is 0 Å².